The molecule has 1 heterocycles. The van der Waals surface area contributed by atoms with Gasteiger partial charge in [0.1, 0.15) is 0 Å². The lowest BCUT2D eigenvalue weighted by Crippen LogP contribution is -2.26. The molecular formula is C10H15NO4S2. The summed E-state index contributed by atoms with van der Waals surface area (Å²) in [5.41, 5.74) is 0. The first-order chi connectivity index (χ1) is 7.86. The average molecular weight is 277 g/mol. The highest BCUT2D eigenvalue weighted by molar-refractivity contribution is 7.89. The van der Waals surface area contributed by atoms with E-state index in [1.54, 1.807) is 13.0 Å². The fraction of sp³-hybridized carbons (Fsp3) is 0.500. The average Bonchev–Trinajstić information content (AvgIpc) is 2.58. The third-order valence-electron chi connectivity index (χ3n) is 2.13. The van der Waals surface area contributed by atoms with E-state index in [4.69, 9.17) is 0 Å². The van der Waals surface area contributed by atoms with E-state index >= 15 is 0 Å². The molecule has 1 N–H and O–H groups in total. The zero-order valence-corrected chi connectivity index (χ0v) is 11.6. The lowest BCUT2D eigenvalue weighted by molar-refractivity contribution is -0.140. The van der Waals surface area contributed by atoms with E-state index in [0.29, 0.717) is 0 Å². The Kier molecular flexibility index (Phi) is 4.67. The highest BCUT2D eigenvalue weighted by atomic mass is 32.2. The van der Waals surface area contributed by atoms with Crippen LogP contribution in [0.5, 0.6) is 0 Å². The van der Waals surface area contributed by atoms with Crippen molar-refractivity contribution >= 4 is 27.3 Å². The summed E-state index contributed by atoms with van der Waals surface area (Å²) >= 11 is 1.43. The first kappa shape index (κ1) is 14.1. The lowest BCUT2D eigenvalue weighted by atomic mass is 10.4. The minimum absolute atomic E-state index is 0.0257. The number of thiophene rings is 1. The standard InChI is InChI=1S/C10H15NO4S2/c1-7-6-9(8(2)16-7)17(13,14)11-5-4-10(12)15-3/h6,11H,4-5H2,1-3H3. The van der Waals surface area contributed by atoms with Gasteiger partial charge in [0.15, 0.2) is 0 Å². The fourth-order valence-electron chi connectivity index (χ4n) is 1.34. The molecule has 0 aliphatic carbocycles. The zero-order valence-electron chi connectivity index (χ0n) is 9.94. The molecule has 0 bridgehead atoms. The van der Waals surface area contributed by atoms with Crippen LogP contribution in [0, 0.1) is 13.8 Å². The van der Waals surface area contributed by atoms with E-state index in [1.807, 2.05) is 6.92 Å². The summed E-state index contributed by atoms with van der Waals surface area (Å²) < 4.78 is 30.6. The highest BCUT2D eigenvalue weighted by Gasteiger charge is 2.18. The first-order valence-electron chi connectivity index (χ1n) is 5.00. The Hall–Kier alpha value is -0.920. The molecule has 1 rings (SSSR count). The van der Waals surface area contributed by atoms with Crippen LogP contribution in [0.3, 0.4) is 0 Å². The Morgan fingerprint density at radius 3 is 2.59 bits per heavy atom. The number of carbonyl (C=O) groups is 1. The number of sulfonamides is 1. The molecule has 0 amide bonds. The Balaban J connectivity index is 2.70. The van der Waals surface area contributed by atoms with Gasteiger partial charge >= 0.3 is 5.97 Å². The molecular weight excluding hydrogens is 262 g/mol. The molecule has 0 aliphatic rings. The van der Waals surface area contributed by atoms with Crippen LogP contribution in [-0.2, 0) is 19.6 Å². The smallest absolute Gasteiger partial charge is 0.306 e. The number of ether oxygens (including phenoxy) is 1. The van der Waals surface area contributed by atoms with Gasteiger partial charge in [-0.15, -0.1) is 11.3 Å². The maximum atomic E-state index is 11.9. The molecule has 96 valence electrons. The molecule has 1 aromatic heterocycles. The van der Waals surface area contributed by atoms with Crippen molar-refractivity contribution in [2.24, 2.45) is 0 Å². The van der Waals surface area contributed by atoms with Gasteiger partial charge in [-0.1, -0.05) is 0 Å². The largest absolute Gasteiger partial charge is 0.469 e. The number of esters is 1. The van der Waals surface area contributed by atoms with Crippen molar-refractivity contribution in [1.82, 2.24) is 4.72 Å². The second-order valence-electron chi connectivity index (χ2n) is 3.50. The summed E-state index contributed by atoms with van der Waals surface area (Å²) in [7, 11) is -2.25. The van der Waals surface area contributed by atoms with Crippen molar-refractivity contribution in [3.8, 4) is 0 Å². The number of nitrogens with one attached hydrogen (secondary N) is 1. The molecule has 0 saturated heterocycles. The highest BCUT2D eigenvalue weighted by Crippen LogP contribution is 2.24. The van der Waals surface area contributed by atoms with E-state index in [1.165, 1.54) is 18.4 Å². The van der Waals surface area contributed by atoms with Crippen molar-refractivity contribution in [2.75, 3.05) is 13.7 Å². The van der Waals surface area contributed by atoms with Gasteiger partial charge in [-0.05, 0) is 19.9 Å². The SMILES string of the molecule is COC(=O)CCNS(=O)(=O)c1cc(C)sc1C. The minimum Gasteiger partial charge on any atom is -0.469 e. The molecule has 7 heteroatoms. The van der Waals surface area contributed by atoms with E-state index in [-0.39, 0.29) is 17.9 Å². The second kappa shape index (κ2) is 5.61. The van der Waals surface area contributed by atoms with E-state index in [2.05, 4.69) is 9.46 Å². The van der Waals surface area contributed by atoms with Gasteiger partial charge in [-0.2, -0.15) is 0 Å². The van der Waals surface area contributed by atoms with Crippen molar-refractivity contribution < 1.29 is 17.9 Å². The van der Waals surface area contributed by atoms with Crippen LogP contribution in [0.4, 0.5) is 0 Å². The van der Waals surface area contributed by atoms with Crippen molar-refractivity contribution in [1.29, 1.82) is 0 Å². The molecule has 0 spiro atoms. The summed E-state index contributed by atoms with van der Waals surface area (Å²) in [6.45, 7) is 3.65. The molecule has 0 fully saturated rings. The summed E-state index contributed by atoms with van der Waals surface area (Å²) in [5.74, 6) is -0.439. The Labute approximate surface area is 105 Å². The second-order valence-corrected chi connectivity index (χ2v) is 6.70. The third kappa shape index (κ3) is 3.79. The van der Waals surface area contributed by atoms with Crippen LogP contribution in [0.2, 0.25) is 0 Å². The van der Waals surface area contributed by atoms with Gasteiger partial charge in [0.2, 0.25) is 10.0 Å². The van der Waals surface area contributed by atoms with E-state index in [0.717, 1.165) is 9.75 Å². The van der Waals surface area contributed by atoms with Gasteiger partial charge in [0.25, 0.3) is 0 Å². The normalized spacial score (nSPS) is 11.5. The first-order valence-corrected chi connectivity index (χ1v) is 7.30. The summed E-state index contributed by atoms with van der Waals surface area (Å²) in [5, 5.41) is 0. The van der Waals surface area contributed by atoms with Gasteiger partial charge < -0.3 is 4.74 Å². The number of methoxy groups -OCH3 is 1. The van der Waals surface area contributed by atoms with Gasteiger partial charge in [-0.25, -0.2) is 13.1 Å². The molecule has 0 saturated carbocycles. The molecule has 0 radical (unpaired) electrons. The van der Waals surface area contributed by atoms with Gasteiger partial charge in [-0.3, -0.25) is 4.79 Å². The third-order valence-corrected chi connectivity index (χ3v) is 4.82. The van der Waals surface area contributed by atoms with E-state index in [9.17, 15) is 13.2 Å². The monoisotopic (exact) mass is 277 g/mol. The molecule has 17 heavy (non-hydrogen) atoms. The molecule has 0 unspecified atom stereocenters. The molecule has 1 aromatic rings. The number of carbonyl (C=O) groups excluding carboxylic acids is 1. The molecule has 0 atom stereocenters. The number of hydrogen-bond acceptors (Lipinski definition) is 5. The summed E-state index contributed by atoms with van der Waals surface area (Å²) in [6, 6.07) is 1.63. The van der Waals surface area contributed by atoms with Crippen LogP contribution < -0.4 is 4.72 Å². The number of hydrogen-bond donors (Lipinski definition) is 1. The molecule has 0 aromatic carbocycles. The van der Waals surface area contributed by atoms with Crippen LogP contribution in [0.1, 0.15) is 16.2 Å². The van der Waals surface area contributed by atoms with Crippen LogP contribution in [-0.4, -0.2) is 28.0 Å². The topological polar surface area (TPSA) is 72.5 Å². The predicted octanol–water partition coefficient (Wildman–Crippen LogP) is 1.21. The molecule has 5 nitrogen and oxygen atoms in total. The fourth-order valence-corrected chi connectivity index (χ4v) is 3.93. The van der Waals surface area contributed by atoms with Crippen molar-refractivity contribution in [3.63, 3.8) is 0 Å². The summed E-state index contributed by atoms with van der Waals surface area (Å²) in [4.78, 5) is 12.8. The van der Waals surface area contributed by atoms with Crippen LogP contribution in [0.15, 0.2) is 11.0 Å². The number of aryl methyl sites for hydroxylation is 2. The number of rotatable bonds is 5. The lowest BCUT2D eigenvalue weighted by Gasteiger charge is -2.05. The Morgan fingerprint density at radius 2 is 2.12 bits per heavy atom. The predicted molar refractivity (Wildman–Crippen MR) is 65.6 cm³/mol. The van der Waals surface area contributed by atoms with Gasteiger partial charge in [0.05, 0.1) is 18.4 Å². The van der Waals surface area contributed by atoms with Crippen molar-refractivity contribution in [3.05, 3.63) is 15.8 Å². The van der Waals surface area contributed by atoms with Crippen LogP contribution in [0.25, 0.3) is 0 Å². The maximum absolute atomic E-state index is 11.9. The van der Waals surface area contributed by atoms with Crippen molar-refractivity contribution in [2.45, 2.75) is 25.2 Å². The quantitative estimate of drug-likeness (QED) is 0.821. The summed E-state index contributed by atoms with van der Waals surface area (Å²) in [6.07, 6.45) is 0.0257. The Bertz CT molecular complexity index is 504. The van der Waals surface area contributed by atoms with Gasteiger partial charge in [0, 0.05) is 16.3 Å². The maximum Gasteiger partial charge on any atom is 0.306 e. The Morgan fingerprint density at radius 1 is 1.47 bits per heavy atom. The molecule has 0 aliphatic heterocycles. The van der Waals surface area contributed by atoms with Crippen LogP contribution >= 0.6 is 11.3 Å². The van der Waals surface area contributed by atoms with E-state index < -0.39 is 16.0 Å². The minimum atomic E-state index is -3.52. The zero-order chi connectivity index (χ0) is 13.1.